The van der Waals surface area contributed by atoms with Gasteiger partial charge in [0.1, 0.15) is 5.75 Å². The van der Waals surface area contributed by atoms with Gasteiger partial charge in [-0.25, -0.2) is 0 Å². The van der Waals surface area contributed by atoms with E-state index in [0.717, 1.165) is 18.7 Å². The molecule has 1 aromatic rings. The van der Waals surface area contributed by atoms with Crippen molar-refractivity contribution in [1.29, 1.82) is 0 Å². The largest absolute Gasteiger partial charge is 0.496 e. The third kappa shape index (κ3) is 3.03. The summed E-state index contributed by atoms with van der Waals surface area (Å²) in [5, 5.41) is 0. The van der Waals surface area contributed by atoms with Crippen LogP contribution in [0.5, 0.6) is 5.75 Å². The number of rotatable bonds is 4. The molecule has 0 heterocycles. The molecule has 0 amide bonds. The van der Waals surface area contributed by atoms with Crippen LogP contribution in [-0.2, 0) is 6.54 Å². The molecule has 2 N–H and O–H groups in total. The van der Waals surface area contributed by atoms with Crippen molar-refractivity contribution < 1.29 is 4.74 Å². The highest BCUT2D eigenvalue weighted by molar-refractivity contribution is 5.33. The fourth-order valence-electron chi connectivity index (χ4n) is 2.91. The maximum atomic E-state index is 6.23. The van der Waals surface area contributed by atoms with Crippen LogP contribution in [0, 0.1) is 0 Å². The molecule has 1 aromatic carbocycles. The Labute approximate surface area is 110 Å². The number of methoxy groups -OCH3 is 1. The fourth-order valence-corrected chi connectivity index (χ4v) is 2.91. The lowest BCUT2D eigenvalue weighted by Gasteiger charge is -2.36. The van der Waals surface area contributed by atoms with Gasteiger partial charge in [-0.1, -0.05) is 31.0 Å². The first-order valence-corrected chi connectivity index (χ1v) is 6.80. The van der Waals surface area contributed by atoms with E-state index in [4.69, 9.17) is 10.5 Å². The van der Waals surface area contributed by atoms with Gasteiger partial charge in [0, 0.05) is 24.2 Å². The molecule has 1 saturated carbocycles. The molecule has 2 atom stereocenters. The lowest BCUT2D eigenvalue weighted by atomic mass is 9.90. The molecule has 0 spiro atoms. The molecule has 0 aliphatic heterocycles. The Kier molecular flexibility index (Phi) is 4.61. The lowest BCUT2D eigenvalue weighted by Crippen LogP contribution is -2.47. The van der Waals surface area contributed by atoms with Crippen molar-refractivity contribution in [3.05, 3.63) is 29.8 Å². The smallest absolute Gasteiger partial charge is 0.123 e. The fraction of sp³-hybridized carbons (Fsp3) is 0.600. The zero-order chi connectivity index (χ0) is 13.0. The van der Waals surface area contributed by atoms with Crippen molar-refractivity contribution in [1.82, 2.24) is 4.90 Å². The topological polar surface area (TPSA) is 38.5 Å². The number of likely N-dealkylation sites (N-methyl/N-ethyl adjacent to an activating group) is 1. The molecule has 1 aliphatic carbocycles. The first-order chi connectivity index (χ1) is 8.72. The molecule has 0 bridgehead atoms. The third-order valence-electron chi connectivity index (χ3n) is 3.96. The van der Waals surface area contributed by atoms with Crippen LogP contribution in [-0.4, -0.2) is 31.1 Å². The molecule has 0 saturated heterocycles. The van der Waals surface area contributed by atoms with E-state index in [1.54, 1.807) is 7.11 Å². The van der Waals surface area contributed by atoms with Gasteiger partial charge in [-0.15, -0.1) is 0 Å². The SMILES string of the molecule is COc1ccccc1CN(C)C1CCCCC1N. The van der Waals surface area contributed by atoms with Crippen LogP contribution in [0.15, 0.2) is 24.3 Å². The van der Waals surface area contributed by atoms with Gasteiger partial charge in [-0.3, -0.25) is 4.90 Å². The molecule has 18 heavy (non-hydrogen) atoms. The highest BCUT2D eigenvalue weighted by atomic mass is 16.5. The number of nitrogens with zero attached hydrogens (tertiary/aromatic N) is 1. The van der Waals surface area contributed by atoms with E-state index >= 15 is 0 Å². The summed E-state index contributed by atoms with van der Waals surface area (Å²) in [7, 11) is 3.90. The van der Waals surface area contributed by atoms with Crippen molar-refractivity contribution in [3.8, 4) is 5.75 Å². The molecule has 1 aliphatic rings. The number of ether oxygens (including phenoxy) is 1. The summed E-state index contributed by atoms with van der Waals surface area (Å²) in [6.07, 6.45) is 4.95. The number of hydrogen-bond acceptors (Lipinski definition) is 3. The van der Waals surface area contributed by atoms with Gasteiger partial charge in [0.15, 0.2) is 0 Å². The van der Waals surface area contributed by atoms with Crippen molar-refractivity contribution >= 4 is 0 Å². The van der Waals surface area contributed by atoms with E-state index in [1.165, 1.54) is 24.8 Å². The second-order valence-electron chi connectivity index (χ2n) is 5.24. The highest BCUT2D eigenvalue weighted by Crippen LogP contribution is 2.25. The standard InChI is InChI=1S/C15H24N2O/c1-17(14-9-5-4-8-13(14)16)11-12-7-3-6-10-15(12)18-2/h3,6-7,10,13-14H,4-5,8-9,11,16H2,1-2H3. The van der Waals surface area contributed by atoms with Gasteiger partial charge in [0.05, 0.1) is 7.11 Å². The van der Waals surface area contributed by atoms with Crippen LogP contribution in [0.1, 0.15) is 31.2 Å². The van der Waals surface area contributed by atoms with Crippen molar-refractivity contribution in [2.75, 3.05) is 14.2 Å². The van der Waals surface area contributed by atoms with Gasteiger partial charge in [0.25, 0.3) is 0 Å². The zero-order valence-corrected chi connectivity index (χ0v) is 11.4. The molecule has 3 nitrogen and oxygen atoms in total. The molecule has 0 aromatic heterocycles. The minimum Gasteiger partial charge on any atom is -0.496 e. The van der Waals surface area contributed by atoms with Crippen LogP contribution in [0.2, 0.25) is 0 Å². The summed E-state index contributed by atoms with van der Waals surface area (Å²) < 4.78 is 5.40. The van der Waals surface area contributed by atoms with E-state index in [-0.39, 0.29) is 0 Å². The van der Waals surface area contributed by atoms with Gasteiger partial charge < -0.3 is 10.5 Å². The second-order valence-corrected chi connectivity index (χ2v) is 5.24. The van der Waals surface area contributed by atoms with Gasteiger partial charge in [0.2, 0.25) is 0 Å². The molecular weight excluding hydrogens is 224 g/mol. The van der Waals surface area contributed by atoms with E-state index < -0.39 is 0 Å². The van der Waals surface area contributed by atoms with Crippen molar-refractivity contribution in [2.24, 2.45) is 5.73 Å². The Morgan fingerprint density at radius 2 is 2.00 bits per heavy atom. The molecule has 1 fully saturated rings. The number of benzene rings is 1. The number of para-hydroxylation sites is 1. The van der Waals surface area contributed by atoms with Gasteiger partial charge in [-0.2, -0.15) is 0 Å². The van der Waals surface area contributed by atoms with Crippen LogP contribution in [0.3, 0.4) is 0 Å². The summed E-state index contributed by atoms with van der Waals surface area (Å²) in [5.41, 5.74) is 7.47. The molecule has 3 heteroatoms. The quantitative estimate of drug-likeness (QED) is 0.889. The van der Waals surface area contributed by atoms with Crippen molar-refractivity contribution in [2.45, 2.75) is 44.3 Å². The van der Waals surface area contributed by atoms with Crippen LogP contribution < -0.4 is 10.5 Å². The summed E-state index contributed by atoms with van der Waals surface area (Å²) in [6.45, 7) is 0.905. The molecule has 2 unspecified atom stereocenters. The summed E-state index contributed by atoms with van der Waals surface area (Å²) in [5.74, 6) is 0.966. The lowest BCUT2D eigenvalue weighted by molar-refractivity contribution is 0.161. The number of nitrogens with two attached hydrogens (primary N) is 1. The minimum absolute atomic E-state index is 0.318. The number of hydrogen-bond donors (Lipinski definition) is 1. The summed E-state index contributed by atoms with van der Waals surface area (Å²) >= 11 is 0. The van der Waals surface area contributed by atoms with Crippen molar-refractivity contribution in [3.63, 3.8) is 0 Å². The summed E-state index contributed by atoms with van der Waals surface area (Å²) in [6, 6.07) is 9.04. The predicted molar refractivity (Wildman–Crippen MR) is 74.7 cm³/mol. The van der Waals surface area contributed by atoms with Crippen LogP contribution in [0.4, 0.5) is 0 Å². The maximum Gasteiger partial charge on any atom is 0.123 e. The Bertz CT molecular complexity index is 381. The molecule has 2 rings (SSSR count). The Morgan fingerprint density at radius 3 is 2.72 bits per heavy atom. The second kappa shape index (κ2) is 6.21. The average Bonchev–Trinajstić information content (AvgIpc) is 2.39. The Hall–Kier alpha value is -1.06. The Balaban J connectivity index is 2.03. The van der Waals surface area contributed by atoms with E-state index in [9.17, 15) is 0 Å². The molecular formula is C15H24N2O. The summed E-state index contributed by atoms with van der Waals surface area (Å²) in [4.78, 5) is 2.38. The first-order valence-electron chi connectivity index (χ1n) is 6.80. The molecule has 100 valence electrons. The van der Waals surface area contributed by atoms with E-state index in [0.29, 0.717) is 12.1 Å². The van der Waals surface area contributed by atoms with E-state index in [2.05, 4.69) is 24.1 Å². The first kappa shape index (κ1) is 13.4. The Morgan fingerprint density at radius 1 is 1.28 bits per heavy atom. The van der Waals surface area contributed by atoms with Gasteiger partial charge >= 0.3 is 0 Å². The minimum atomic E-state index is 0.318. The van der Waals surface area contributed by atoms with Crippen LogP contribution in [0.25, 0.3) is 0 Å². The van der Waals surface area contributed by atoms with E-state index in [1.807, 2.05) is 12.1 Å². The highest BCUT2D eigenvalue weighted by Gasteiger charge is 2.25. The van der Waals surface area contributed by atoms with Crippen LogP contribution >= 0.6 is 0 Å². The average molecular weight is 248 g/mol. The predicted octanol–water partition coefficient (Wildman–Crippen LogP) is 2.40. The molecule has 0 radical (unpaired) electrons. The maximum absolute atomic E-state index is 6.23. The van der Waals surface area contributed by atoms with Gasteiger partial charge in [-0.05, 0) is 26.0 Å². The normalized spacial score (nSPS) is 24.2. The monoisotopic (exact) mass is 248 g/mol. The third-order valence-corrected chi connectivity index (χ3v) is 3.96. The zero-order valence-electron chi connectivity index (χ0n) is 11.4.